The Balaban J connectivity index is 0.00000306. The molecular weight excluding hydrogens is 440 g/mol. The van der Waals surface area contributed by atoms with Crippen molar-refractivity contribution in [1.82, 2.24) is 4.90 Å². The first-order valence-corrected chi connectivity index (χ1v) is 11.0. The van der Waals surface area contributed by atoms with Gasteiger partial charge in [0.15, 0.2) is 0 Å². The van der Waals surface area contributed by atoms with Gasteiger partial charge in [-0.3, -0.25) is 15.0 Å². The van der Waals surface area contributed by atoms with Gasteiger partial charge in [0.25, 0.3) is 5.91 Å². The van der Waals surface area contributed by atoms with E-state index in [1.807, 2.05) is 42.5 Å². The van der Waals surface area contributed by atoms with E-state index in [4.69, 9.17) is 16.2 Å². The molecular formula is C25H29ClN4O3. The summed E-state index contributed by atoms with van der Waals surface area (Å²) in [6, 6.07) is 16.9. The fourth-order valence-electron chi connectivity index (χ4n) is 4.56. The van der Waals surface area contributed by atoms with Crippen LogP contribution >= 0.6 is 12.4 Å². The van der Waals surface area contributed by atoms with Crippen molar-refractivity contribution in [1.29, 1.82) is 5.41 Å². The molecule has 0 spiro atoms. The average molecular weight is 469 g/mol. The van der Waals surface area contributed by atoms with Crippen molar-refractivity contribution in [2.75, 3.05) is 24.5 Å². The number of aliphatic carboxylic acids is 1. The van der Waals surface area contributed by atoms with Gasteiger partial charge in [-0.05, 0) is 55.0 Å². The summed E-state index contributed by atoms with van der Waals surface area (Å²) in [6.07, 6.45) is 2.78. The number of likely N-dealkylation sites (tertiary alicyclic amines) is 1. The molecule has 0 bridgehead atoms. The first-order valence-electron chi connectivity index (χ1n) is 11.0. The van der Waals surface area contributed by atoms with Crippen LogP contribution in [0.4, 0.5) is 5.69 Å². The average Bonchev–Trinajstić information content (AvgIpc) is 3.15. The normalized spacial score (nSPS) is 16.7. The number of rotatable bonds is 7. The van der Waals surface area contributed by atoms with Crippen LogP contribution in [0.15, 0.2) is 60.3 Å². The van der Waals surface area contributed by atoms with Crippen molar-refractivity contribution >= 4 is 41.4 Å². The smallest absolute Gasteiger partial charge is 0.303 e. The standard InChI is InChI=1S/C25H28N4O3.ClH/c26-24(27)19-7-9-20(10-8-19)29-16-21(23(25(29)32)18-4-2-1-3-5-18)28-14-12-17(13-15-28)6-11-22(30)31;/h1-5,7-10,17H,6,11-16H2,(H3,26,27)(H,30,31);1H. The summed E-state index contributed by atoms with van der Waals surface area (Å²) in [7, 11) is 0. The van der Waals surface area contributed by atoms with Gasteiger partial charge in [-0.1, -0.05) is 30.3 Å². The molecule has 1 saturated heterocycles. The SMILES string of the molecule is Cl.N=C(N)c1ccc(N2CC(N3CCC(CCC(=O)O)CC3)=C(c3ccccc3)C2=O)cc1. The molecule has 174 valence electrons. The minimum absolute atomic E-state index is 0. The second-order valence-corrected chi connectivity index (χ2v) is 8.40. The molecule has 0 aliphatic carbocycles. The van der Waals surface area contributed by atoms with Crippen molar-refractivity contribution < 1.29 is 14.7 Å². The number of anilines is 1. The zero-order valence-electron chi connectivity index (χ0n) is 18.4. The van der Waals surface area contributed by atoms with Crippen LogP contribution in [0.3, 0.4) is 0 Å². The molecule has 0 saturated carbocycles. The summed E-state index contributed by atoms with van der Waals surface area (Å²) in [4.78, 5) is 28.5. The van der Waals surface area contributed by atoms with E-state index in [9.17, 15) is 9.59 Å². The first-order chi connectivity index (χ1) is 15.4. The molecule has 2 aromatic carbocycles. The number of hydrogen-bond acceptors (Lipinski definition) is 4. The number of carbonyl (C=O) groups is 2. The van der Waals surface area contributed by atoms with Gasteiger partial charge in [0.2, 0.25) is 0 Å². The van der Waals surface area contributed by atoms with Crippen molar-refractivity contribution in [3.8, 4) is 0 Å². The molecule has 1 amide bonds. The van der Waals surface area contributed by atoms with Crippen molar-refractivity contribution in [2.45, 2.75) is 25.7 Å². The monoisotopic (exact) mass is 468 g/mol. The number of nitrogens with zero attached hydrogens (tertiary/aromatic N) is 2. The molecule has 1 fully saturated rings. The summed E-state index contributed by atoms with van der Waals surface area (Å²) in [5.74, 6) is -0.363. The number of nitrogen functional groups attached to an aromatic ring is 1. The summed E-state index contributed by atoms with van der Waals surface area (Å²) in [5, 5.41) is 16.5. The maximum atomic E-state index is 13.5. The molecule has 0 radical (unpaired) electrons. The number of piperidine rings is 1. The van der Waals surface area contributed by atoms with Crippen LogP contribution in [0, 0.1) is 11.3 Å². The number of amidine groups is 1. The van der Waals surface area contributed by atoms with E-state index in [1.165, 1.54) is 0 Å². The number of nitrogens with two attached hydrogens (primary N) is 1. The third kappa shape index (κ3) is 5.37. The predicted molar refractivity (Wildman–Crippen MR) is 132 cm³/mol. The number of carbonyl (C=O) groups excluding carboxylic acids is 1. The highest BCUT2D eigenvalue weighted by Gasteiger charge is 2.36. The number of carboxylic acid groups (broad SMARTS) is 1. The Kier molecular flexibility index (Phi) is 7.76. The number of hydrogen-bond donors (Lipinski definition) is 3. The molecule has 0 unspecified atom stereocenters. The van der Waals surface area contributed by atoms with Crippen LogP contribution in [0.1, 0.15) is 36.8 Å². The molecule has 0 atom stereocenters. The quantitative estimate of drug-likeness (QED) is 0.423. The lowest BCUT2D eigenvalue weighted by molar-refractivity contribution is -0.137. The molecule has 2 aliphatic heterocycles. The molecule has 2 aliphatic rings. The minimum Gasteiger partial charge on any atom is -0.481 e. The topological polar surface area (TPSA) is 111 Å². The Labute approximate surface area is 199 Å². The van der Waals surface area contributed by atoms with Gasteiger partial charge in [-0.25, -0.2) is 0 Å². The van der Waals surface area contributed by atoms with Crippen molar-refractivity contribution in [3.63, 3.8) is 0 Å². The van der Waals surface area contributed by atoms with Crippen molar-refractivity contribution in [3.05, 3.63) is 71.4 Å². The lowest BCUT2D eigenvalue weighted by atomic mass is 9.91. The summed E-state index contributed by atoms with van der Waals surface area (Å²) in [6.45, 7) is 2.13. The van der Waals surface area contributed by atoms with Crippen LogP contribution < -0.4 is 10.6 Å². The van der Waals surface area contributed by atoms with Crippen LogP contribution in [0.2, 0.25) is 0 Å². The molecule has 8 heteroatoms. The minimum atomic E-state index is -0.741. The van der Waals surface area contributed by atoms with Gasteiger partial charge in [0.1, 0.15) is 5.84 Å². The van der Waals surface area contributed by atoms with Gasteiger partial charge >= 0.3 is 5.97 Å². The number of nitrogens with one attached hydrogen (secondary N) is 1. The van der Waals surface area contributed by atoms with E-state index < -0.39 is 5.97 Å². The van der Waals surface area contributed by atoms with E-state index in [-0.39, 0.29) is 30.6 Å². The fourth-order valence-corrected chi connectivity index (χ4v) is 4.56. The Morgan fingerprint density at radius 2 is 1.70 bits per heavy atom. The van der Waals surface area contributed by atoms with Crippen molar-refractivity contribution in [2.24, 2.45) is 11.7 Å². The highest BCUT2D eigenvalue weighted by molar-refractivity contribution is 6.29. The van der Waals surface area contributed by atoms with Crippen LogP contribution in [0.5, 0.6) is 0 Å². The molecule has 0 aromatic heterocycles. The lowest BCUT2D eigenvalue weighted by Crippen LogP contribution is -2.35. The third-order valence-electron chi connectivity index (χ3n) is 6.37. The molecule has 4 N–H and O–H groups in total. The largest absolute Gasteiger partial charge is 0.481 e. The maximum Gasteiger partial charge on any atom is 0.303 e. The maximum absolute atomic E-state index is 13.5. The molecule has 2 heterocycles. The van der Waals surface area contributed by atoms with Crippen LogP contribution in [-0.4, -0.2) is 47.4 Å². The van der Waals surface area contributed by atoms with Gasteiger partial charge in [0, 0.05) is 36.5 Å². The lowest BCUT2D eigenvalue weighted by Gasteiger charge is -2.35. The van der Waals surface area contributed by atoms with E-state index in [2.05, 4.69) is 4.90 Å². The van der Waals surface area contributed by atoms with E-state index in [1.54, 1.807) is 17.0 Å². The number of halogens is 1. The third-order valence-corrected chi connectivity index (χ3v) is 6.37. The highest BCUT2D eigenvalue weighted by Crippen LogP contribution is 2.36. The van der Waals surface area contributed by atoms with Gasteiger partial charge in [0.05, 0.1) is 12.1 Å². The summed E-state index contributed by atoms with van der Waals surface area (Å²) < 4.78 is 0. The van der Waals surface area contributed by atoms with Gasteiger partial charge in [-0.15, -0.1) is 12.4 Å². The second kappa shape index (κ2) is 10.5. The van der Waals surface area contributed by atoms with Crippen LogP contribution in [0.25, 0.3) is 5.57 Å². The molecule has 2 aromatic rings. The molecule has 7 nitrogen and oxygen atoms in total. The molecule has 33 heavy (non-hydrogen) atoms. The van der Waals surface area contributed by atoms with E-state index >= 15 is 0 Å². The van der Waals surface area contributed by atoms with Gasteiger partial charge < -0.3 is 20.6 Å². The highest BCUT2D eigenvalue weighted by atomic mass is 35.5. The zero-order chi connectivity index (χ0) is 22.7. The Morgan fingerprint density at radius 1 is 1.06 bits per heavy atom. The Morgan fingerprint density at radius 3 is 2.27 bits per heavy atom. The number of benzene rings is 2. The van der Waals surface area contributed by atoms with E-state index in [0.29, 0.717) is 24.4 Å². The Bertz CT molecular complexity index is 1050. The molecule has 4 rings (SSSR count). The number of carboxylic acids is 1. The Hall–Kier alpha value is -3.32. The van der Waals surface area contributed by atoms with Gasteiger partial charge in [-0.2, -0.15) is 0 Å². The predicted octanol–water partition coefficient (Wildman–Crippen LogP) is 3.73. The van der Waals surface area contributed by atoms with E-state index in [0.717, 1.165) is 48.5 Å². The second-order valence-electron chi connectivity index (χ2n) is 8.40. The van der Waals surface area contributed by atoms with Crippen LogP contribution in [-0.2, 0) is 9.59 Å². The summed E-state index contributed by atoms with van der Waals surface area (Å²) in [5.41, 5.74) is 9.62. The first kappa shape index (κ1) is 24.3. The summed E-state index contributed by atoms with van der Waals surface area (Å²) >= 11 is 0. The number of amides is 1. The zero-order valence-corrected chi connectivity index (χ0v) is 19.2. The fraction of sp³-hybridized carbons (Fsp3) is 0.320.